The van der Waals surface area contributed by atoms with Gasteiger partial charge in [-0.25, -0.2) is 28.6 Å². The second kappa shape index (κ2) is 7.40. The minimum absolute atomic E-state index is 0.631. The molecule has 0 bridgehead atoms. The third-order valence-electron chi connectivity index (χ3n) is 5.75. The number of fused-ring (bicyclic) bond motifs is 5. The molecule has 0 saturated heterocycles. The summed E-state index contributed by atoms with van der Waals surface area (Å²) in [5.74, 6) is 0.736. The number of aromatic nitrogens is 2. The van der Waals surface area contributed by atoms with Crippen molar-refractivity contribution < 1.29 is 38.7 Å². The van der Waals surface area contributed by atoms with E-state index >= 15 is 0 Å². The summed E-state index contributed by atoms with van der Waals surface area (Å²) in [5, 5.41) is 7.80. The van der Waals surface area contributed by atoms with Gasteiger partial charge >= 0.3 is 0 Å². The normalized spacial score (nSPS) is 15.7. The Bertz CT molecular complexity index is 1330. The van der Waals surface area contributed by atoms with E-state index in [2.05, 4.69) is 16.0 Å². The van der Waals surface area contributed by atoms with Crippen LogP contribution in [0.3, 0.4) is 0 Å². The fraction of sp³-hybridized carbons (Fsp3) is 0.286. The molecule has 4 aliphatic rings. The Labute approximate surface area is 178 Å². The molecular formula is C21H19ClN4O5. The molecule has 9 nitrogen and oxygen atoms in total. The second-order valence-electron chi connectivity index (χ2n) is 7.71. The van der Waals surface area contributed by atoms with Crippen LogP contribution in [0.4, 0.5) is 5.69 Å². The molecule has 10 heteroatoms. The van der Waals surface area contributed by atoms with Gasteiger partial charge < -0.3 is 9.32 Å². The van der Waals surface area contributed by atoms with Gasteiger partial charge in [0.2, 0.25) is 5.36 Å². The van der Waals surface area contributed by atoms with Crippen LogP contribution in [-0.2, 0) is 12.8 Å². The number of benzene rings is 2. The number of aryl methyl sites for hydroxylation is 2. The van der Waals surface area contributed by atoms with Crippen LogP contribution >= 0.6 is 0 Å². The predicted molar refractivity (Wildman–Crippen MR) is 99.8 cm³/mol. The van der Waals surface area contributed by atoms with Gasteiger partial charge in [-0.3, -0.25) is 5.41 Å². The number of nitrogens with two attached hydrogens (primary N) is 1. The average Bonchev–Trinajstić information content (AvgIpc) is 2.73. The van der Waals surface area contributed by atoms with Crippen molar-refractivity contribution >= 4 is 27.7 Å². The summed E-state index contributed by atoms with van der Waals surface area (Å²) in [5.41, 5.74) is 7.63. The zero-order chi connectivity index (χ0) is 21.8. The first-order chi connectivity index (χ1) is 14.8. The molecule has 0 atom stereocenters. The number of pyridine rings is 1. The first kappa shape index (κ1) is 20.1. The van der Waals surface area contributed by atoms with E-state index < -0.39 is 10.2 Å². The Morgan fingerprint density at radius 3 is 2.58 bits per heavy atom. The summed E-state index contributed by atoms with van der Waals surface area (Å²) in [7, 11) is -4.94. The SMILES string of the molecule is [NH2+]=c1cc2oc3c4c5c(cc3nc-2c2cccnc12)CCCN5CCC4.[O-][Cl+3]([O-])([O-])[O-]. The minimum Gasteiger partial charge on any atom is -0.452 e. The Kier molecular flexibility index (Phi) is 4.80. The summed E-state index contributed by atoms with van der Waals surface area (Å²) in [6.45, 7) is 2.30. The number of hydrogen-bond acceptors (Lipinski definition) is 8. The quantitative estimate of drug-likeness (QED) is 0.224. The summed E-state index contributed by atoms with van der Waals surface area (Å²) in [6, 6.07) is 8.03. The Balaban J connectivity index is 0.000000371. The van der Waals surface area contributed by atoms with Gasteiger partial charge in [0.1, 0.15) is 16.7 Å². The molecule has 0 spiro atoms. The van der Waals surface area contributed by atoms with Crippen LogP contribution in [0.25, 0.3) is 33.5 Å². The summed E-state index contributed by atoms with van der Waals surface area (Å²) in [6.07, 6.45) is 6.32. The van der Waals surface area contributed by atoms with E-state index in [1.807, 2.05) is 18.2 Å². The van der Waals surface area contributed by atoms with E-state index in [0.717, 1.165) is 59.4 Å². The van der Waals surface area contributed by atoms with Crippen molar-refractivity contribution in [2.24, 2.45) is 0 Å². The zero-order valence-electron chi connectivity index (χ0n) is 16.5. The third kappa shape index (κ3) is 3.71. The van der Waals surface area contributed by atoms with E-state index in [1.165, 1.54) is 29.7 Å². The summed E-state index contributed by atoms with van der Waals surface area (Å²) >= 11 is 0. The minimum atomic E-state index is -4.94. The molecule has 0 amide bonds. The largest absolute Gasteiger partial charge is 0.452 e. The van der Waals surface area contributed by atoms with Gasteiger partial charge in [0.05, 0.1) is 6.07 Å². The van der Waals surface area contributed by atoms with Crippen molar-refractivity contribution in [3.05, 3.63) is 46.9 Å². The smallest absolute Gasteiger partial charge is 0.227 e. The molecule has 1 aliphatic carbocycles. The highest BCUT2D eigenvalue weighted by Gasteiger charge is 2.28. The molecule has 31 heavy (non-hydrogen) atoms. The van der Waals surface area contributed by atoms with Crippen molar-refractivity contribution in [1.29, 1.82) is 0 Å². The molecule has 0 fully saturated rings. The van der Waals surface area contributed by atoms with Crippen LogP contribution in [0.15, 0.2) is 34.9 Å². The van der Waals surface area contributed by atoms with Gasteiger partial charge in [-0.1, -0.05) is 0 Å². The molecule has 1 aromatic carbocycles. The van der Waals surface area contributed by atoms with Crippen LogP contribution in [0.5, 0.6) is 0 Å². The van der Waals surface area contributed by atoms with E-state index in [4.69, 9.17) is 33.4 Å². The molecule has 0 radical (unpaired) electrons. The molecule has 4 heterocycles. The molecular weight excluding hydrogens is 424 g/mol. The Morgan fingerprint density at radius 1 is 1.06 bits per heavy atom. The topological polar surface area (TPSA) is 160 Å². The van der Waals surface area contributed by atoms with Gasteiger partial charge in [0, 0.05) is 35.9 Å². The van der Waals surface area contributed by atoms with Crippen LogP contribution < -0.4 is 34.3 Å². The van der Waals surface area contributed by atoms with Crippen LogP contribution in [-0.4, -0.2) is 23.1 Å². The Morgan fingerprint density at radius 2 is 1.81 bits per heavy atom. The highest BCUT2D eigenvalue weighted by Crippen LogP contribution is 2.41. The van der Waals surface area contributed by atoms with Crippen molar-refractivity contribution in [3.8, 4) is 11.5 Å². The van der Waals surface area contributed by atoms with Crippen molar-refractivity contribution in [2.75, 3.05) is 18.0 Å². The van der Waals surface area contributed by atoms with Crippen LogP contribution in [0.1, 0.15) is 24.0 Å². The lowest BCUT2D eigenvalue weighted by Crippen LogP contribution is -2.68. The van der Waals surface area contributed by atoms with Gasteiger partial charge in [-0.2, -0.15) is 0 Å². The second-order valence-corrected chi connectivity index (χ2v) is 8.47. The maximum absolute atomic E-state index is 8.49. The number of hydrogen-bond donors (Lipinski definition) is 1. The highest BCUT2D eigenvalue weighted by molar-refractivity contribution is 5.95. The monoisotopic (exact) mass is 442 g/mol. The van der Waals surface area contributed by atoms with E-state index in [0.29, 0.717) is 5.36 Å². The molecule has 0 saturated carbocycles. The number of rotatable bonds is 0. The van der Waals surface area contributed by atoms with E-state index in [9.17, 15) is 0 Å². The highest BCUT2D eigenvalue weighted by atomic mass is 35.7. The maximum Gasteiger partial charge on any atom is 0.227 e. The van der Waals surface area contributed by atoms with Crippen LogP contribution in [0.2, 0.25) is 0 Å². The lowest BCUT2D eigenvalue weighted by molar-refractivity contribution is -2.00. The number of nitrogens with zero attached hydrogens (tertiary/aromatic N) is 3. The third-order valence-corrected chi connectivity index (χ3v) is 5.75. The first-order valence-corrected chi connectivity index (χ1v) is 11.2. The summed E-state index contributed by atoms with van der Waals surface area (Å²) < 4.78 is 40.4. The lowest BCUT2D eigenvalue weighted by Gasteiger charge is -2.37. The molecule has 160 valence electrons. The molecule has 0 unspecified atom stereocenters. The molecule has 2 aromatic rings. The summed E-state index contributed by atoms with van der Waals surface area (Å²) in [4.78, 5) is 11.9. The number of halogens is 1. The van der Waals surface area contributed by atoms with Crippen molar-refractivity contribution in [2.45, 2.75) is 25.7 Å². The average molecular weight is 443 g/mol. The molecule has 3 aliphatic heterocycles. The van der Waals surface area contributed by atoms with E-state index in [-0.39, 0.29) is 0 Å². The van der Waals surface area contributed by atoms with Crippen molar-refractivity contribution in [1.82, 2.24) is 9.97 Å². The van der Waals surface area contributed by atoms with Gasteiger partial charge in [-0.15, -0.1) is 10.2 Å². The Hall–Kier alpha value is -2.82. The molecule has 2 N–H and O–H groups in total. The predicted octanol–water partition coefficient (Wildman–Crippen LogP) is -2.92. The first-order valence-electron chi connectivity index (χ1n) is 9.92. The fourth-order valence-corrected chi connectivity index (χ4v) is 4.67. The fourth-order valence-electron chi connectivity index (χ4n) is 4.67. The lowest BCUT2D eigenvalue weighted by atomic mass is 9.91. The molecule has 1 aromatic heterocycles. The van der Waals surface area contributed by atoms with Crippen molar-refractivity contribution in [3.63, 3.8) is 0 Å². The number of anilines is 1. The maximum atomic E-state index is 8.49. The van der Waals surface area contributed by atoms with E-state index in [1.54, 1.807) is 6.20 Å². The standard InChI is InChI=1S/C21H18N4O.ClHO4/c22-15-11-17-19(13-5-1-7-23-18(13)15)24-16-10-12-4-2-8-25-9-3-6-14(20(12)25)21(16)26-17;2-1(3,4)5/h1,5,7,10-11,22H,2-4,6,8-9H2;(H,2,3,4,5). The van der Waals surface area contributed by atoms with Gasteiger partial charge in [0.15, 0.2) is 11.3 Å². The van der Waals surface area contributed by atoms with Gasteiger partial charge in [0.25, 0.3) is 0 Å². The zero-order valence-corrected chi connectivity index (χ0v) is 17.2. The molecule has 6 rings (SSSR count). The van der Waals surface area contributed by atoms with Crippen LogP contribution in [0, 0.1) is 10.2 Å². The van der Waals surface area contributed by atoms with Gasteiger partial charge in [-0.05, 0) is 49.4 Å².